The number of aryl methyl sites for hydroxylation is 2. The van der Waals surface area contributed by atoms with Crippen molar-refractivity contribution < 1.29 is 9.53 Å². The van der Waals surface area contributed by atoms with Crippen LogP contribution in [0.3, 0.4) is 0 Å². The molecule has 20 heavy (non-hydrogen) atoms. The van der Waals surface area contributed by atoms with E-state index in [1.165, 1.54) is 4.88 Å². The summed E-state index contributed by atoms with van der Waals surface area (Å²) in [6, 6.07) is 0. The first-order valence-corrected chi connectivity index (χ1v) is 7.88. The van der Waals surface area contributed by atoms with E-state index in [9.17, 15) is 4.79 Å². The summed E-state index contributed by atoms with van der Waals surface area (Å²) in [5, 5.41) is 4.09. The second kappa shape index (κ2) is 6.65. The van der Waals surface area contributed by atoms with E-state index < -0.39 is 5.41 Å². The average molecular weight is 297 g/mol. The molecule has 1 fully saturated rings. The van der Waals surface area contributed by atoms with Crippen molar-refractivity contribution in [2.75, 3.05) is 26.3 Å². The zero-order chi connectivity index (χ0) is 14.6. The number of hydrogen-bond acceptors (Lipinski definition) is 5. The van der Waals surface area contributed by atoms with Crippen LogP contribution in [0.2, 0.25) is 0 Å². The van der Waals surface area contributed by atoms with Crippen molar-refractivity contribution in [3.63, 3.8) is 0 Å². The quantitative estimate of drug-likeness (QED) is 0.855. The number of hydrogen-bond donors (Lipinski definition) is 2. The molecule has 3 N–H and O–H groups in total. The standard InChI is InChI=1S/C14H23N3O2S/c1-10-11(2)20-12(17-10)3-6-16-13(18)14(9-15)4-7-19-8-5-14/h3-9,15H2,1-2H3,(H,16,18). The molecule has 0 atom stereocenters. The van der Waals surface area contributed by atoms with Crippen LogP contribution in [0.1, 0.15) is 28.4 Å². The average Bonchev–Trinajstić information content (AvgIpc) is 2.78. The van der Waals surface area contributed by atoms with Crippen LogP contribution in [-0.2, 0) is 16.0 Å². The molecule has 0 aliphatic carbocycles. The van der Waals surface area contributed by atoms with Crippen molar-refractivity contribution in [3.8, 4) is 0 Å². The van der Waals surface area contributed by atoms with E-state index >= 15 is 0 Å². The molecule has 0 aromatic carbocycles. The summed E-state index contributed by atoms with van der Waals surface area (Å²) in [7, 11) is 0. The van der Waals surface area contributed by atoms with Gasteiger partial charge in [0.1, 0.15) is 0 Å². The molecule has 0 saturated carbocycles. The second-order valence-electron chi connectivity index (χ2n) is 5.35. The smallest absolute Gasteiger partial charge is 0.227 e. The minimum Gasteiger partial charge on any atom is -0.381 e. The summed E-state index contributed by atoms with van der Waals surface area (Å²) in [6.45, 7) is 6.33. The Morgan fingerprint density at radius 2 is 2.15 bits per heavy atom. The molecular formula is C14H23N3O2S. The number of aromatic nitrogens is 1. The van der Waals surface area contributed by atoms with E-state index in [2.05, 4.69) is 17.2 Å². The lowest BCUT2D eigenvalue weighted by molar-refractivity contribution is -0.135. The Balaban J connectivity index is 1.85. The fourth-order valence-corrected chi connectivity index (χ4v) is 3.34. The van der Waals surface area contributed by atoms with E-state index in [0.717, 1.165) is 17.1 Å². The van der Waals surface area contributed by atoms with Crippen LogP contribution in [-0.4, -0.2) is 37.2 Å². The van der Waals surface area contributed by atoms with Gasteiger partial charge in [-0.1, -0.05) is 0 Å². The monoisotopic (exact) mass is 297 g/mol. The zero-order valence-electron chi connectivity index (χ0n) is 12.2. The first-order valence-electron chi connectivity index (χ1n) is 7.06. The Kier molecular flexibility index (Phi) is 5.12. The molecular weight excluding hydrogens is 274 g/mol. The molecule has 6 heteroatoms. The number of nitrogens with one attached hydrogen (secondary N) is 1. The number of thiazole rings is 1. The van der Waals surface area contributed by atoms with E-state index in [-0.39, 0.29) is 5.91 Å². The van der Waals surface area contributed by atoms with Gasteiger partial charge < -0.3 is 15.8 Å². The molecule has 0 bridgehead atoms. The van der Waals surface area contributed by atoms with E-state index in [4.69, 9.17) is 10.5 Å². The molecule has 112 valence electrons. The van der Waals surface area contributed by atoms with Crippen molar-refractivity contribution in [2.45, 2.75) is 33.1 Å². The Labute approximate surface area is 123 Å². The molecule has 2 rings (SSSR count). The van der Waals surface area contributed by atoms with Gasteiger partial charge in [0.15, 0.2) is 0 Å². The Morgan fingerprint density at radius 3 is 2.70 bits per heavy atom. The van der Waals surface area contributed by atoms with Gasteiger partial charge in [-0.2, -0.15) is 0 Å². The first kappa shape index (κ1) is 15.4. The summed E-state index contributed by atoms with van der Waals surface area (Å²) < 4.78 is 5.32. The summed E-state index contributed by atoms with van der Waals surface area (Å²) >= 11 is 1.70. The third-order valence-corrected chi connectivity index (χ3v) is 5.15. The lowest BCUT2D eigenvalue weighted by Crippen LogP contribution is -2.49. The molecule has 0 spiro atoms. The number of nitrogens with two attached hydrogens (primary N) is 1. The normalized spacial score (nSPS) is 17.9. The molecule has 1 aromatic heterocycles. The Bertz CT molecular complexity index is 447. The highest BCUT2D eigenvalue weighted by Crippen LogP contribution is 2.29. The third-order valence-electron chi connectivity index (χ3n) is 4.02. The van der Waals surface area contributed by atoms with Crippen LogP contribution in [0.25, 0.3) is 0 Å². The molecule has 1 aromatic rings. The van der Waals surface area contributed by atoms with Gasteiger partial charge in [-0.25, -0.2) is 4.98 Å². The predicted octanol–water partition coefficient (Wildman–Crippen LogP) is 1.17. The molecule has 0 unspecified atom stereocenters. The van der Waals surface area contributed by atoms with Gasteiger partial charge in [0.2, 0.25) is 5.91 Å². The van der Waals surface area contributed by atoms with Crippen molar-refractivity contribution in [1.29, 1.82) is 0 Å². The fraction of sp³-hybridized carbons (Fsp3) is 0.714. The summed E-state index contributed by atoms with van der Waals surface area (Å²) in [6.07, 6.45) is 2.21. The molecule has 5 nitrogen and oxygen atoms in total. The topological polar surface area (TPSA) is 77.2 Å². The number of amides is 1. The molecule has 0 radical (unpaired) electrons. The molecule has 2 heterocycles. The van der Waals surface area contributed by atoms with Gasteiger partial charge in [-0.3, -0.25) is 4.79 Å². The maximum atomic E-state index is 12.3. The van der Waals surface area contributed by atoms with Crippen LogP contribution in [0.5, 0.6) is 0 Å². The SMILES string of the molecule is Cc1nc(CCNC(=O)C2(CN)CCOCC2)sc1C. The Hall–Kier alpha value is -0.980. The summed E-state index contributed by atoms with van der Waals surface area (Å²) in [5.41, 5.74) is 6.46. The highest BCUT2D eigenvalue weighted by molar-refractivity contribution is 7.11. The molecule has 1 aliphatic heterocycles. The van der Waals surface area contributed by atoms with E-state index in [0.29, 0.717) is 39.1 Å². The first-order chi connectivity index (χ1) is 9.57. The second-order valence-corrected chi connectivity index (χ2v) is 6.64. The highest BCUT2D eigenvalue weighted by Gasteiger charge is 2.38. The number of ether oxygens (including phenoxy) is 1. The van der Waals surface area contributed by atoms with Crippen molar-refractivity contribution in [2.24, 2.45) is 11.1 Å². The van der Waals surface area contributed by atoms with Gasteiger partial charge in [0.25, 0.3) is 0 Å². The number of nitrogens with zero attached hydrogens (tertiary/aromatic N) is 1. The van der Waals surface area contributed by atoms with Crippen LogP contribution < -0.4 is 11.1 Å². The van der Waals surface area contributed by atoms with Crippen molar-refractivity contribution in [3.05, 3.63) is 15.6 Å². The number of carbonyl (C=O) groups is 1. The Morgan fingerprint density at radius 1 is 1.45 bits per heavy atom. The summed E-state index contributed by atoms with van der Waals surface area (Å²) in [5.74, 6) is 0.0632. The van der Waals surface area contributed by atoms with Crippen molar-refractivity contribution in [1.82, 2.24) is 10.3 Å². The lowest BCUT2D eigenvalue weighted by atomic mass is 9.79. The third kappa shape index (κ3) is 3.37. The molecule has 1 amide bonds. The van der Waals surface area contributed by atoms with Gasteiger partial charge in [-0.05, 0) is 26.7 Å². The predicted molar refractivity (Wildman–Crippen MR) is 79.8 cm³/mol. The van der Waals surface area contributed by atoms with Crippen LogP contribution in [0, 0.1) is 19.3 Å². The van der Waals surface area contributed by atoms with Crippen molar-refractivity contribution >= 4 is 17.2 Å². The lowest BCUT2D eigenvalue weighted by Gasteiger charge is -2.34. The highest BCUT2D eigenvalue weighted by atomic mass is 32.1. The summed E-state index contributed by atoms with van der Waals surface area (Å²) in [4.78, 5) is 18.1. The minimum atomic E-state index is -0.438. The van der Waals surface area contributed by atoms with Gasteiger partial charge in [-0.15, -0.1) is 11.3 Å². The maximum absolute atomic E-state index is 12.3. The number of carbonyl (C=O) groups excluding carboxylic acids is 1. The largest absolute Gasteiger partial charge is 0.381 e. The molecule has 1 saturated heterocycles. The van der Waals surface area contributed by atoms with Crippen LogP contribution in [0.4, 0.5) is 0 Å². The maximum Gasteiger partial charge on any atom is 0.227 e. The van der Waals surface area contributed by atoms with Crippen LogP contribution >= 0.6 is 11.3 Å². The number of rotatable bonds is 5. The van der Waals surface area contributed by atoms with Gasteiger partial charge in [0, 0.05) is 37.6 Å². The zero-order valence-corrected chi connectivity index (χ0v) is 13.0. The minimum absolute atomic E-state index is 0.0632. The van der Waals surface area contributed by atoms with Gasteiger partial charge >= 0.3 is 0 Å². The fourth-order valence-electron chi connectivity index (χ4n) is 2.40. The van der Waals surface area contributed by atoms with Gasteiger partial charge in [0.05, 0.1) is 16.1 Å². The van der Waals surface area contributed by atoms with Crippen LogP contribution in [0.15, 0.2) is 0 Å². The van der Waals surface area contributed by atoms with E-state index in [1.54, 1.807) is 11.3 Å². The van der Waals surface area contributed by atoms with E-state index in [1.807, 2.05) is 6.92 Å². The molecule has 1 aliphatic rings.